The zero-order chi connectivity index (χ0) is 13.8. The Morgan fingerprint density at radius 2 is 1.89 bits per heavy atom. The second-order valence-corrected chi connectivity index (χ2v) is 5.16. The molecule has 0 aliphatic rings. The van der Waals surface area contributed by atoms with Gasteiger partial charge in [-0.25, -0.2) is 0 Å². The first-order valence-electron chi connectivity index (χ1n) is 5.75. The molecule has 1 heterocycles. The Labute approximate surface area is 115 Å². The van der Waals surface area contributed by atoms with E-state index in [1.54, 1.807) is 6.07 Å². The summed E-state index contributed by atoms with van der Waals surface area (Å²) in [6, 6.07) is 11.1. The molecule has 0 atom stereocenters. The van der Waals surface area contributed by atoms with Gasteiger partial charge in [0.1, 0.15) is 0 Å². The van der Waals surface area contributed by atoms with Crippen molar-refractivity contribution in [2.75, 3.05) is 5.43 Å². The molecule has 0 radical (unpaired) electrons. The maximum absolute atomic E-state index is 10.7. The largest absolute Gasteiger partial charge is 0.544 e. The molecule has 0 amide bonds. The SMILES string of the molecule is C/C(=N/Nc1ccccc1C)c1ccc(C(=O)[O-])s1. The molecule has 2 aromatic rings. The van der Waals surface area contributed by atoms with Crippen LogP contribution in [-0.4, -0.2) is 11.7 Å². The number of para-hydroxylation sites is 1. The van der Waals surface area contributed by atoms with Crippen molar-refractivity contribution in [3.05, 3.63) is 51.7 Å². The molecule has 1 N–H and O–H groups in total. The molecular formula is C14H13N2O2S-. The molecule has 0 aliphatic carbocycles. The Morgan fingerprint density at radius 1 is 1.21 bits per heavy atom. The Balaban J connectivity index is 2.15. The summed E-state index contributed by atoms with van der Waals surface area (Å²) in [5.74, 6) is -1.16. The number of aromatic carboxylic acids is 1. The number of aryl methyl sites for hydroxylation is 1. The average molecular weight is 273 g/mol. The maximum atomic E-state index is 10.7. The molecule has 4 nitrogen and oxygen atoms in total. The van der Waals surface area contributed by atoms with Crippen molar-refractivity contribution in [3.63, 3.8) is 0 Å². The topological polar surface area (TPSA) is 64.5 Å². The number of carboxylic acids is 1. The zero-order valence-corrected chi connectivity index (χ0v) is 11.5. The van der Waals surface area contributed by atoms with Gasteiger partial charge in [0.05, 0.1) is 27.1 Å². The number of rotatable bonds is 4. The Kier molecular flexibility index (Phi) is 3.97. The van der Waals surface area contributed by atoms with E-state index in [2.05, 4.69) is 10.5 Å². The highest BCUT2D eigenvalue weighted by molar-refractivity contribution is 7.15. The van der Waals surface area contributed by atoms with Gasteiger partial charge in [-0.3, -0.25) is 5.43 Å². The number of thiophene rings is 1. The Hall–Kier alpha value is -2.14. The number of carbonyl (C=O) groups is 1. The fourth-order valence-corrected chi connectivity index (χ4v) is 2.33. The third-order valence-electron chi connectivity index (χ3n) is 2.65. The van der Waals surface area contributed by atoms with Gasteiger partial charge in [0, 0.05) is 0 Å². The lowest BCUT2D eigenvalue weighted by atomic mass is 10.2. The van der Waals surface area contributed by atoms with Crippen molar-refractivity contribution in [2.24, 2.45) is 5.10 Å². The van der Waals surface area contributed by atoms with E-state index in [1.165, 1.54) is 6.07 Å². The van der Waals surface area contributed by atoms with E-state index in [4.69, 9.17) is 0 Å². The fourth-order valence-electron chi connectivity index (χ4n) is 1.54. The number of nitrogens with zero attached hydrogens (tertiary/aromatic N) is 1. The zero-order valence-electron chi connectivity index (χ0n) is 10.6. The van der Waals surface area contributed by atoms with Crippen LogP contribution in [0.1, 0.15) is 27.0 Å². The first kappa shape index (κ1) is 13.3. The van der Waals surface area contributed by atoms with Gasteiger partial charge in [-0.15, -0.1) is 11.3 Å². The van der Waals surface area contributed by atoms with Gasteiger partial charge in [0.2, 0.25) is 0 Å². The second-order valence-electron chi connectivity index (χ2n) is 4.08. The third kappa shape index (κ3) is 3.20. The first-order chi connectivity index (χ1) is 9.08. The minimum Gasteiger partial charge on any atom is -0.544 e. The van der Waals surface area contributed by atoms with Crippen LogP contribution in [0.4, 0.5) is 5.69 Å². The predicted molar refractivity (Wildman–Crippen MR) is 75.7 cm³/mol. The summed E-state index contributed by atoms with van der Waals surface area (Å²) in [4.78, 5) is 11.7. The van der Waals surface area contributed by atoms with Gasteiger partial charge in [-0.1, -0.05) is 18.2 Å². The molecule has 0 saturated carbocycles. The van der Waals surface area contributed by atoms with Crippen LogP contribution in [0.25, 0.3) is 0 Å². The number of nitrogens with one attached hydrogen (secondary N) is 1. The molecule has 1 aromatic carbocycles. The van der Waals surface area contributed by atoms with Crippen molar-refractivity contribution >= 4 is 28.7 Å². The summed E-state index contributed by atoms with van der Waals surface area (Å²) in [6.07, 6.45) is 0. The van der Waals surface area contributed by atoms with E-state index < -0.39 is 5.97 Å². The number of benzene rings is 1. The molecule has 0 spiro atoms. The number of hydrogen-bond acceptors (Lipinski definition) is 5. The summed E-state index contributed by atoms with van der Waals surface area (Å²) >= 11 is 1.16. The minimum absolute atomic E-state index is 0.209. The van der Waals surface area contributed by atoms with Gasteiger partial charge in [-0.2, -0.15) is 5.10 Å². The van der Waals surface area contributed by atoms with Crippen LogP contribution < -0.4 is 10.5 Å². The van der Waals surface area contributed by atoms with Gasteiger partial charge >= 0.3 is 0 Å². The molecule has 2 rings (SSSR count). The van der Waals surface area contributed by atoms with E-state index in [9.17, 15) is 9.90 Å². The summed E-state index contributed by atoms with van der Waals surface area (Å²) in [7, 11) is 0. The van der Waals surface area contributed by atoms with Crippen molar-refractivity contribution in [3.8, 4) is 0 Å². The maximum Gasteiger partial charge on any atom is 0.0815 e. The molecule has 19 heavy (non-hydrogen) atoms. The average Bonchev–Trinajstić information content (AvgIpc) is 2.87. The number of carboxylic acid groups (broad SMARTS) is 1. The fraction of sp³-hybridized carbons (Fsp3) is 0.143. The van der Waals surface area contributed by atoms with E-state index in [-0.39, 0.29) is 4.88 Å². The highest BCUT2D eigenvalue weighted by Crippen LogP contribution is 2.18. The van der Waals surface area contributed by atoms with Crippen molar-refractivity contribution in [2.45, 2.75) is 13.8 Å². The summed E-state index contributed by atoms with van der Waals surface area (Å²) in [5, 5.41) is 15.0. The van der Waals surface area contributed by atoms with Gasteiger partial charge < -0.3 is 9.90 Å². The molecule has 0 fully saturated rings. The molecule has 0 aliphatic heterocycles. The van der Waals surface area contributed by atoms with Crippen molar-refractivity contribution < 1.29 is 9.90 Å². The monoisotopic (exact) mass is 273 g/mol. The molecule has 98 valence electrons. The van der Waals surface area contributed by atoms with Crippen LogP contribution in [0.5, 0.6) is 0 Å². The third-order valence-corrected chi connectivity index (χ3v) is 3.83. The van der Waals surface area contributed by atoms with Crippen LogP contribution in [0.15, 0.2) is 41.5 Å². The van der Waals surface area contributed by atoms with E-state index in [1.807, 2.05) is 38.1 Å². The van der Waals surface area contributed by atoms with Crippen LogP contribution in [0.3, 0.4) is 0 Å². The number of carbonyl (C=O) groups excluding carboxylic acids is 1. The molecule has 0 unspecified atom stereocenters. The van der Waals surface area contributed by atoms with Crippen LogP contribution in [-0.2, 0) is 0 Å². The molecule has 0 saturated heterocycles. The highest BCUT2D eigenvalue weighted by atomic mass is 32.1. The standard InChI is InChI=1S/C14H14N2O2S/c1-9-5-3-4-6-11(9)16-15-10(2)12-7-8-13(19-12)14(17)18/h3-8,16H,1-2H3,(H,17,18)/p-1/b15-10-. The van der Waals surface area contributed by atoms with Crippen LogP contribution >= 0.6 is 11.3 Å². The lowest BCUT2D eigenvalue weighted by molar-refractivity contribution is -0.254. The van der Waals surface area contributed by atoms with E-state index in [0.717, 1.165) is 33.2 Å². The van der Waals surface area contributed by atoms with Gasteiger partial charge in [-0.05, 0) is 37.6 Å². The lowest BCUT2D eigenvalue weighted by Crippen LogP contribution is -2.20. The summed E-state index contributed by atoms with van der Waals surface area (Å²) < 4.78 is 0. The summed E-state index contributed by atoms with van der Waals surface area (Å²) in [5.41, 5.74) is 5.75. The normalized spacial score (nSPS) is 11.4. The van der Waals surface area contributed by atoms with Crippen LogP contribution in [0, 0.1) is 6.92 Å². The molecule has 5 heteroatoms. The minimum atomic E-state index is -1.16. The predicted octanol–water partition coefficient (Wildman–Crippen LogP) is 2.26. The molecular weight excluding hydrogens is 260 g/mol. The number of hydrogen-bond donors (Lipinski definition) is 1. The van der Waals surface area contributed by atoms with Crippen LogP contribution in [0.2, 0.25) is 0 Å². The number of anilines is 1. The smallest absolute Gasteiger partial charge is 0.0815 e. The molecule has 1 aromatic heterocycles. The lowest BCUT2D eigenvalue weighted by Gasteiger charge is -2.05. The quantitative estimate of drug-likeness (QED) is 0.686. The van der Waals surface area contributed by atoms with E-state index >= 15 is 0 Å². The van der Waals surface area contributed by atoms with Crippen molar-refractivity contribution in [1.29, 1.82) is 0 Å². The van der Waals surface area contributed by atoms with Crippen molar-refractivity contribution in [1.82, 2.24) is 0 Å². The number of hydrazone groups is 1. The van der Waals surface area contributed by atoms with Gasteiger partial charge in [0.15, 0.2) is 0 Å². The van der Waals surface area contributed by atoms with Gasteiger partial charge in [0.25, 0.3) is 0 Å². The Bertz CT molecular complexity index is 632. The highest BCUT2D eigenvalue weighted by Gasteiger charge is 2.04. The summed E-state index contributed by atoms with van der Waals surface area (Å²) in [6.45, 7) is 3.82. The molecule has 0 bridgehead atoms. The van der Waals surface area contributed by atoms with E-state index in [0.29, 0.717) is 0 Å². The first-order valence-corrected chi connectivity index (χ1v) is 6.57. The second kappa shape index (κ2) is 5.67. The Morgan fingerprint density at radius 3 is 2.53 bits per heavy atom.